The second-order valence-corrected chi connectivity index (χ2v) is 6.74. The van der Waals surface area contributed by atoms with Crippen LogP contribution in [0.25, 0.3) is 0 Å². The lowest BCUT2D eigenvalue weighted by Gasteiger charge is -2.11. The molecule has 0 atom stereocenters. The number of esters is 1. The molecule has 0 radical (unpaired) electrons. The highest BCUT2D eigenvalue weighted by molar-refractivity contribution is 7.97. The zero-order chi connectivity index (χ0) is 18.1. The van der Waals surface area contributed by atoms with Crippen LogP contribution in [-0.2, 0) is 4.74 Å². The molecule has 1 saturated carbocycles. The third-order valence-corrected chi connectivity index (χ3v) is 4.80. The van der Waals surface area contributed by atoms with Gasteiger partial charge in [-0.3, -0.25) is 0 Å². The number of carbonyl (C=O) groups excluding carboxylic acids is 1. The van der Waals surface area contributed by atoms with Crippen molar-refractivity contribution in [2.24, 2.45) is 0 Å². The lowest BCUT2D eigenvalue weighted by atomic mass is 10.0. The molecule has 0 unspecified atom stereocenters. The van der Waals surface area contributed by atoms with Gasteiger partial charge >= 0.3 is 5.97 Å². The summed E-state index contributed by atoms with van der Waals surface area (Å²) < 4.78 is 12.6. The van der Waals surface area contributed by atoms with Crippen LogP contribution >= 0.6 is 11.9 Å². The Morgan fingerprint density at radius 1 is 1.36 bits per heavy atom. The smallest absolute Gasteiger partial charge is 0.361 e. The highest BCUT2D eigenvalue weighted by Gasteiger charge is 2.36. The molecule has 7 heteroatoms. The molecule has 0 saturated heterocycles. The van der Waals surface area contributed by atoms with E-state index in [9.17, 15) is 10.1 Å². The van der Waals surface area contributed by atoms with Gasteiger partial charge in [0.1, 0.15) is 11.4 Å². The summed E-state index contributed by atoms with van der Waals surface area (Å²) in [5, 5.41) is 13.8. The number of aryl methyl sites for hydroxylation is 2. The molecule has 0 bridgehead atoms. The normalized spacial score (nSPS) is 13.4. The molecule has 130 valence electrons. The Morgan fingerprint density at radius 3 is 2.48 bits per heavy atom. The van der Waals surface area contributed by atoms with E-state index in [1.165, 1.54) is 19.1 Å². The summed E-state index contributed by atoms with van der Waals surface area (Å²) in [6, 6.07) is 5.81. The molecular formula is C18H19N3O3S. The highest BCUT2D eigenvalue weighted by Crippen LogP contribution is 2.46. The number of rotatable bonds is 5. The summed E-state index contributed by atoms with van der Waals surface area (Å²) in [5.41, 5.74) is 3.40. The Morgan fingerprint density at radius 2 is 2.00 bits per heavy atom. The molecule has 1 aromatic carbocycles. The molecule has 0 spiro atoms. The minimum absolute atomic E-state index is 0.302. The number of carbonyl (C=O) groups is 1. The van der Waals surface area contributed by atoms with E-state index in [0.717, 1.165) is 29.7 Å². The van der Waals surface area contributed by atoms with Crippen molar-refractivity contribution < 1.29 is 14.3 Å². The molecule has 1 aliphatic carbocycles. The minimum atomic E-state index is -0.481. The van der Waals surface area contributed by atoms with Crippen molar-refractivity contribution in [1.82, 2.24) is 9.19 Å². The summed E-state index contributed by atoms with van der Waals surface area (Å²) in [6.07, 6.45) is 3.91. The van der Waals surface area contributed by atoms with Crippen LogP contribution in [0.3, 0.4) is 0 Å². The van der Waals surface area contributed by atoms with Crippen molar-refractivity contribution in [3.8, 4) is 17.6 Å². The maximum absolute atomic E-state index is 12.3. The van der Waals surface area contributed by atoms with Crippen molar-refractivity contribution in [2.45, 2.75) is 32.6 Å². The Balaban J connectivity index is 2.09. The van der Waals surface area contributed by atoms with Gasteiger partial charge in [0, 0.05) is 12.2 Å². The van der Waals surface area contributed by atoms with Gasteiger partial charge in [-0.25, -0.2) is 4.79 Å². The van der Waals surface area contributed by atoms with Crippen LogP contribution in [0, 0.1) is 25.2 Å². The van der Waals surface area contributed by atoms with Gasteiger partial charge in [0.05, 0.1) is 18.7 Å². The third-order valence-electron chi connectivity index (χ3n) is 4.19. The standard InChI is InChI=1S/C18H19N3O3S/c1-10-7-13(8-11(2)14(10)9-19)24-17-15(12-5-6-12)20-21(25-4)16(17)18(22)23-3/h7-8,12H,5-6H2,1-4H3. The summed E-state index contributed by atoms with van der Waals surface area (Å²) in [7, 11) is 1.34. The Bertz CT molecular complexity index is 855. The molecule has 1 aromatic heterocycles. The van der Waals surface area contributed by atoms with Crippen LogP contribution in [0.4, 0.5) is 0 Å². The molecule has 0 amide bonds. The Labute approximate surface area is 150 Å². The summed E-state index contributed by atoms with van der Waals surface area (Å²) in [5.74, 6) is 0.868. The van der Waals surface area contributed by atoms with Crippen LogP contribution in [0.1, 0.15) is 51.6 Å². The van der Waals surface area contributed by atoms with Crippen molar-refractivity contribution >= 4 is 17.9 Å². The number of nitriles is 1. The van der Waals surface area contributed by atoms with E-state index in [1.54, 1.807) is 16.2 Å². The predicted octanol–water partition coefficient (Wildman–Crippen LogP) is 3.95. The first-order valence-corrected chi connectivity index (χ1v) is 9.13. The topological polar surface area (TPSA) is 77.1 Å². The van der Waals surface area contributed by atoms with Crippen LogP contribution in [0.5, 0.6) is 11.5 Å². The maximum Gasteiger partial charge on any atom is 0.361 e. The van der Waals surface area contributed by atoms with Gasteiger partial charge in [-0.05, 0) is 61.9 Å². The van der Waals surface area contributed by atoms with Crippen molar-refractivity contribution in [2.75, 3.05) is 13.4 Å². The summed E-state index contributed by atoms with van der Waals surface area (Å²) in [4.78, 5) is 12.3. The second kappa shape index (κ2) is 6.81. The van der Waals surface area contributed by atoms with E-state index in [-0.39, 0.29) is 0 Å². The van der Waals surface area contributed by atoms with Crippen LogP contribution in [0.2, 0.25) is 0 Å². The number of methoxy groups -OCH3 is 1. The van der Waals surface area contributed by atoms with Gasteiger partial charge in [0.2, 0.25) is 5.69 Å². The van der Waals surface area contributed by atoms with E-state index in [2.05, 4.69) is 11.2 Å². The predicted molar refractivity (Wildman–Crippen MR) is 95.2 cm³/mol. The average Bonchev–Trinajstić information content (AvgIpc) is 3.36. The first kappa shape index (κ1) is 17.4. The zero-order valence-corrected chi connectivity index (χ0v) is 15.4. The number of aromatic nitrogens is 2. The number of benzene rings is 1. The largest absolute Gasteiger partial charge is 0.464 e. The molecule has 2 aromatic rings. The van der Waals surface area contributed by atoms with E-state index in [4.69, 9.17) is 9.47 Å². The molecule has 25 heavy (non-hydrogen) atoms. The quantitative estimate of drug-likeness (QED) is 0.754. The van der Waals surface area contributed by atoms with Gasteiger partial charge in [-0.1, -0.05) is 0 Å². The first-order chi connectivity index (χ1) is 12.0. The van der Waals surface area contributed by atoms with Gasteiger partial charge in [-0.2, -0.15) is 14.4 Å². The SMILES string of the molecule is COC(=O)c1c(Oc2cc(C)c(C#N)c(C)c2)c(C2CC2)nn1SC. The molecule has 0 aliphatic heterocycles. The zero-order valence-electron chi connectivity index (χ0n) is 14.6. The van der Waals surface area contributed by atoms with Gasteiger partial charge in [-0.15, -0.1) is 0 Å². The molecule has 1 heterocycles. The van der Waals surface area contributed by atoms with Crippen molar-refractivity contribution in [3.63, 3.8) is 0 Å². The van der Waals surface area contributed by atoms with Crippen LogP contribution in [0.15, 0.2) is 12.1 Å². The number of nitrogens with zero attached hydrogens (tertiary/aromatic N) is 3. The molecule has 3 rings (SSSR count). The number of ether oxygens (including phenoxy) is 2. The lowest BCUT2D eigenvalue weighted by molar-refractivity contribution is 0.0589. The van der Waals surface area contributed by atoms with Gasteiger partial charge in [0.15, 0.2) is 5.75 Å². The van der Waals surface area contributed by atoms with Gasteiger partial charge in [0.25, 0.3) is 0 Å². The van der Waals surface area contributed by atoms with E-state index < -0.39 is 5.97 Å². The fourth-order valence-electron chi connectivity index (χ4n) is 2.80. The maximum atomic E-state index is 12.3. The average molecular weight is 357 g/mol. The molecule has 1 aliphatic rings. The molecule has 1 fully saturated rings. The van der Waals surface area contributed by atoms with E-state index in [1.807, 2.05) is 20.1 Å². The van der Waals surface area contributed by atoms with Crippen molar-refractivity contribution in [3.05, 3.63) is 40.2 Å². The minimum Gasteiger partial charge on any atom is -0.464 e. The monoisotopic (exact) mass is 357 g/mol. The van der Waals surface area contributed by atoms with E-state index >= 15 is 0 Å². The second-order valence-electron chi connectivity index (χ2n) is 6.03. The molecule has 0 N–H and O–H groups in total. The van der Waals surface area contributed by atoms with Crippen molar-refractivity contribution in [1.29, 1.82) is 5.26 Å². The lowest BCUT2D eigenvalue weighted by Crippen LogP contribution is -2.08. The highest BCUT2D eigenvalue weighted by atomic mass is 32.2. The van der Waals surface area contributed by atoms with Crippen LogP contribution < -0.4 is 4.74 Å². The molecular weight excluding hydrogens is 338 g/mol. The number of hydrogen-bond acceptors (Lipinski definition) is 6. The number of hydrogen-bond donors (Lipinski definition) is 0. The van der Waals surface area contributed by atoms with E-state index in [0.29, 0.717) is 28.7 Å². The van der Waals surface area contributed by atoms with Crippen LogP contribution in [-0.4, -0.2) is 28.5 Å². The van der Waals surface area contributed by atoms with Gasteiger partial charge < -0.3 is 9.47 Å². The fraction of sp³-hybridized carbons (Fsp3) is 0.389. The third kappa shape index (κ3) is 3.22. The summed E-state index contributed by atoms with van der Waals surface area (Å²) >= 11 is 1.32. The Hall–Kier alpha value is -2.46. The Kier molecular flexibility index (Phi) is 4.73. The summed E-state index contributed by atoms with van der Waals surface area (Å²) in [6.45, 7) is 3.74. The fourth-order valence-corrected chi connectivity index (χ4v) is 3.31. The molecule has 6 nitrogen and oxygen atoms in total. The first-order valence-electron chi connectivity index (χ1n) is 7.95.